The van der Waals surface area contributed by atoms with Crippen LogP contribution in [0.15, 0.2) is 27.3 Å². The zero-order valence-electron chi connectivity index (χ0n) is 15.2. The third-order valence-corrected chi connectivity index (χ3v) is 3.90. The molecule has 0 aliphatic rings. The Labute approximate surface area is 153 Å². The van der Waals surface area contributed by atoms with E-state index in [0.717, 1.165) is 0 Å². The molecule has 10 nitrogen and oxygen atoms in total. The number of carbonyl (C=O) groups is 2. The van der Waals surface area contributed by atoms with Gasteiger partial charge >= 0.3 is 23.6 Å². The number of carbonyl (C=O) groups excluding carboxylic acids is 2. The molecule has 0 saturated heterocycles. The highest BCUT2D eigenvalue weighted by Gasteiger charge is 2.21. The molecule has 0 bridgehead atoms. The minimum atomic E-state index is -0.865. The Balaban J connectivity index is 1.77. The molecule has 1 atom stereocenters. The minimum absolute atomic E-state index is 0.0193. The molecule has 2 aromatic rings. The van der Waals surface area contributed by atoms with Crippen LogP contribution in [0.25, 0.3) is 0 Å². The fourth-order valence-corrected chi connectivity index (χ4v) is 2.27. The van der Waals surface area contributed by atoms with E-state index < -0.39 is 29.5 Å². The van der Waals surface area contributed by atoms with E-state index in [1.54, 1.807) is 6.92 Å². The maximum absolute atomic E-state index is 12.1. The molecule has 0 spiro atoms. The number of hydrogen-bond donors (Lipinski definition) is 0. The fourth-order valence-electron chi connectivity index (χ4n) is 2.27. The Kier molecular flexibility index (Phi) is 6.80. The van der Waals surface area contributed by atoms with Gasteiger partial charge in [0.2, 0.25) is 0 Å². The van der Waals surface area contributed by atoms with Crippen molar-refractivity contribution in [1.29, 1.82) is 0 Å². The van der Waals surface area contributed by atoms with Gasteiger partial charge in [0, 0.05) is 6.42 Å². The van der Waals surface area contributed by atoms with Crippen LogP contribution in [0.2, 0.25) is 0 Å². The monoisotopic (exact) mass is 384 g/mol. The van der Waals surface area contributed by atoms with E-state index in [-0.39, 0.29) is 49.1 Å². The molecule has 0 aliphatic heterocycles. The van der Waals surface area contributed by atoms with Crippen molar-refractivity contribution in [3.63, 3.8) is 0 Å². The highest BCUT2D eigenvalue weighted by molar-refractivity contribution is 5.74. The van der Waals surface area contributed by atoms with Crippen LogP contribution in [0, 0.1) is 19.8 Å². The van der Waals surface area contributed by atoms with Crippen LogP contribution in [-0.4, -0.2) is 11.9 Å². The van der Waals surface area contributed by atoms with E-state index in [2.05, 4.69) is 8.83 Å². The van der Waals surface area contributed by atoms with Crippen molar-refractivity contribution in [2.24, 2.45) is 5.92 Å². The summed E-state index contributed by atoms with van der Waals surface area (Å²) in [4.78, 5) is 45.8. The van der Waals surface area contributed by atoms with Crippen LogP contribution in [0.4, 0.5) is 0 Å². The van der Waals surface area contributed by atoms with E-state index in [0.29, 0.717) is 6.42 Å². The molecule has 2 rings (SSSR count). The van der Waals surface area contributed by atoms with Gasteiger partial charge in [-0.2, -0.15) is 0 Å². The van der Waals surface area contributed by atoms with Gasteiger partial charge in [0.15, 0.2) is 36.3 Å². The zero-order chi connectivity index (χ0) is 20.0. The van der Waals surface area contributed by atoms with Crippen LogP contribution >= 0.6 is 0 Å². The highest BCUT2D eigenvalue weighted by atomic mass is 16.6. The number of esters is 2. The van der Waals surface area contributed by atoms with E-state index in [9.17, 15) is 19.2 Å². The van der Waals surface area contributed by atoms with Gasteiger partial charge in [0.05, 0.1) is 5.92 Å². The molecule has 10 heteroatoms. The van der Waals surface area contributed by atoms with E-state index in [1.165, 1.54) is 13.8 Å². The topological polar surface area (TPSA) is 139 Å². The van der Waals surface area contributed by atoms with Gasteiger partial charge < -0.3 is 27.1 Å². The van der Waals surface area contributed by atoms with Crippen molar-refractivity contribution in [3.05, 3.63) is 44.3 Å². The number of ether oxygens (including phenoxy) is 2. The SMILES string of the molecule is CCC(CCC(=O)OCc1oc(=O)oc1C)C(=O)OCc1oc(=O)oc1C. The van der Waals surface area contributed by atoms with Crippen molar-refractivity contribution in [1.82, 2.24) is 0 Å². The third kappa shape index (κ3) is 5.73. The summed E-state index contributed by atoms with van der Waals surface area (Å²) in [6.45, 7) is 4.36. The van der Waals surface area contributed by atoms with Crippen molar-refractivity contribution in [3.8, 4) is 0 Å². The molecule has 148 valence electrons. The second kappa shape index (κ2) is 9.06. The normalized spacial score (nSPS) is 12.0. The molecule has 0 radical (unpaired) electrons. The standard InChI is InChI=1S/C17H20O10/c1-4-11(15(19)23-8-13-10(3)25-17(21)27-13)5-6-14(18)22-7-12-9(2)24-16(20)26-12/h11H,4-8H2,1-3H3. The van der Waals surface area contributed by atoms with Gasteiger partial charge in [-0.1, -0.05) is 6.92 Å². The highest BCUT2D eigenvalue weighted by Crippen LogP contribution is 2.16. The molecule has 0 aromatic carbocycles. The van der Waals surface area contributed by atoms with Gasteiger partial charge in [0.25, 0.3) is 0 Å². The summed E-state index contributed by atoms with van der Waals surface area (Å²) < 4.78 is 28.9. The average molecular weight is 384 g/mol. The lowest BCUT2D eigenvalue weighted by Crippen LogP contribution is -2.19. The van der Waals surface area contributed by atoms with Gasteiger partial charge in [-0.15, -0.1) is 0 Å². The van der Waals surface area contributed by atoms with Crippen molar-refractivity contribution in [2.75, 3.05) is 0 Å². The molecule has 2 aromatic heterocycles. The van der Waals surface area contributed by atoms with E-state index >= 15 is 0 Å². The van der Waals surface area contributed by atoms with Crippen molar-refractivity contribution >= 4 is 11.9 Å². The summed E-state index contributed by atoms with van der Waals surface area (Å²) in [6.07, 6.45) is 0.654. The summed E-state index contributed by atoms with van der Waals surface area (Å²) in [5.74, 6) is -2.57. The Morgan fingerprint density at radius 1 is 0.889 bits per heavy atom. The Hall–Kier alpha value is -3.04. The Morgan fingerprint density at radius 3 is 1.85 bits per heavy atom. The lowest BCUT2D eigenvalue weighted by Gasteiger charge is -2.13. The summed E-state index contributed by atoms with van der Waals surface area (Å²) >= 11 is 0. The summed E-state index contributed by atoms with van der Waals surface area (Å²) in [5.41, 5.74) is 0. The maximum atomic E-state index is 12.1. The summed E-state index contributed by atoms with van der Waals surface area (Å²) in [6, 6.07) is 0. The van der Waals surface area contributed by atoms with Crippen LogP contribution in [0.3, 0.4) is 0 Å². The second-order valence-corrected chi connectivity index (χ2v) is 5.78. The first kappa shape index (κ1) is 20.3. The zero-order valence-corrected chi connectivity index (χ0v) is 15.2. The molecule has 2 heterocycles. The predicted octanol–water partition coefficient (Wildman–Crippen LogP) is 1.99. The lowest BCUT2D eigenvalue weighted by atomic mass is 10.0. The summed E-state index contributed by atoms with van der Waals surface area (Å²) in [5, 5.41) is 0. The third-order valence-electron chi connectivity index (χ3n) is 3.90. The largest absolute Gasteiger partial charge is 0.519 e. The van der Waals surface area contributed by atoms with E-state index in [4.69, 9.17) is 18.3 Å². The first-order valence-corrected chi connectivity index (χ1v) is 8.31. The first-order chi connectivity index (χ1) is 12.8. The molecule has 1 unspecified atom stereocenters. The molecule has 0 saturated carbocycles. The van der Waals surface area contributed by atoms with Crippen LogP contribution in [0.5, 0.6) is 0 Å². The fraction of sp³-hybridized carbons (Fsp3) is 0.529. The maximum Gasteiger partial charge on any atom is 0.519 e. The molecular formula is C17H20O10. The Bertz CT molecular complexity index is 893. The summed E-state index contributed by atoms with van der Waals surface area (Å²) in [7, 11) is 0. The van der Waals surface area contributed by atoms with Gasteiger partial charge in [0.1, 0.15) is 0 Å². The van der Waals surface area contributed by atoms with Crippen LogP contribution < -0.4 is 11.6 Å². The molecule has 0 fully saturated rings. The molecule has 27 heavy (non-hydrogen) atoms. The smallest absolute Gasteiger partial charge is 0.457 e. The quantitative estimate of drug-likeness (QED) is 0.589. The molecule has 0 aliphatic carbocycles. The minimum Gasteiger partial charge on any atom is -0.457 e. The van der Waals surface area contributed by atoms with Crippen LogP contribution in [-0.2, 0) is 32.3 Å². The van der Waals surface area contributed by atoms with Crippen LogP contribution in [0.1, 0.15) is 49.2 Å². The number of aryl methyl sites for hydroxylation is 2. The van der Waals surface area contributed by atoms with Gasteiger partial charge in [-0.05, 0) is 26.7 Å². The average Bonchev–Trinajstić information content (AvgIpc) is 3.11. The number of hydrogen-bond acceptors (Lipinski definition) is 10. The Morgan fingerprint density at radius 2 is 1.41 bits per heavy atom. The van der Waals surface area contributed by atoms with E-state index in [1.807, 2.05) is 0 Å². The lowest BCUT2D eigenvalue weighted by molar-refractivity contribution is -0.152. The number of rotatable bonds is 9. The predicted molar refractivity (Wildman–Crippen MR) is 86.6 cm³/mol. The van der Waals surface area contributed by atoms with Gasteiger partial charge in [-0.25, -0.2) is 9.59 Å². The second-order valence-electron chi connectivity index (χ2n) is 5.78. The van der Waals surface area contributed by atoms with Gasteiger partial charge in [-0.3, -0.25) is 9.59 Å². The first-order valence-electron chi connectivity index (χ1n) is 8.31. The molecular weight excluding hydrogens is 364 g/mol. The molecule has 0 N–H and O–H groups in total. The van der Waals surface area contributed by atoms with Crippen molar-refractivity contribution in [2.45, 2.75) is 53.2 Å². The van der Waals surface area contributed by atoms with Crippen molar-refractivity contribution < 1.29 is 36.7 Å². The molecule has 0 amide bonds.